The van der Waals surface area contributed by atoms with Gasteiger partial charge >= 0.3 is 0 Å². The lowest BCUT2D eigenvalue weighted by Gasteiger charge is -2.22. The number of non-ortho nitro benzene ring substituents is 1. The summed E-state index contributed by atoms with van der Waals surface area (Å²) in [6.45, 7) is 1.59. The van der Waals surface area contributed by atoms with Gasteiger partial charge in [0.2, 0.25) is 0 Å². The van der Waals surface area contributed by atoms with Crippen LogP contribution in [0, 0.1) is 10.1 Å². The van der Waals surface area contributed by atoms with Gasteiger partial charge in [0.1, 0.15) is 16.8 Å². The number of nitrogens with zero attached hydrogens (tertiary/aromatic N) is 3. The normalized spacial score (nSPS) is 18.2. The molecule has 1 aromatic carbocycles. The summed E-state index contributed by atoms with van der Waals surface area (Å²) < 4.78 is 6.00. The molecule has 1 aromatic rings. The van der Waals surface area contributed by atoms with Crippen LogP contribution < -0.4 is 4.74 Å². The standard InChI is InChI=1S/C14H19N3O3S/c1-15(2)7-6-11-9-16(3)14(21)12-8-10(17(18)19)4-5-13(12)20-11/h4-5,8,11H,6-7,9H2,1-3H3. The number of fused-ring (bicyclic) bond motifs is 1. The molecule has 114 valence electrons. The van der Waals surface area contributed by atoms with Crippen molar-refractivity contribution < 1.29 is 9.66 Å². The van der Waals surface area contributed by atoms with Crippen LogP contribution in [0.4, 0.5) is 5.69 Å². The van der Waals surface area contributed by atoms with Crippen molar-refractivity contribution in [2.75, 3.05) is 34.2 Å². The third kappa shape index (κ3) is 3.68. The lowest BCUT2D eigenvalue weighted by molar-refractivity contribution is -0.384. The van der Waals surface area contributed by atoms with Crippen molar-refractivity contribution in [3.05, 3.63) is 33.9 Å². The van der Waals surface area contributed by atoms with Crippen molar-refractivity contribution >= 4 is 22.9 Å². The summed E-state index contributed by atoms with van der Waals surface area (Å²) >= 11 is 5.42. The average molecular weight is 309 g/mol. The fourth-order valence-electron chi connectivity index (χ4n) is 2.26. The van der Waals surface area contributed by atoms with Crippen LogP contribution in [0.3, 0.4) is 0 Å². The van der Waals surface area contributed by atoms with Crippen LogP contribution in [-0.4, -0.2) is 60.0 Å². The van der Waals surface area contributed by atoms with Crippen molar-refractivity contribution in [1.82, 2.24) is 9.80 Å². The average Bonchev–Trinajstić information content (AvgIpc) is 2.54. The lowest BCUT2D eigenvalue weighted by Crippen LogP contribution is -2.35. The molecule has 1 unspecified atom stereocenters. The second-order valence-corrected chi connectivity index (χ2v) is 5.84. The van der Waals surface area contributed by atoms with E-state index in [1.807, 2.05) is 26.0 Å². The van der Waals surface area contributed by atoms with Crippen molar-refractivity contribution in [2.24, 2.45) is 0 Å². The summed E-state index contributed by atoms with van der Waals surface area (Å²) in [5.41, 5.74) is 0.647. The molecule has 0 aliphatic carbocycles. The van der Waals surface area contributed by atoms with Gasteiger partial charge in [0.25, 0.3) is 5.69 Å². The predicted molar refractivity (Wildman–Crippen MR) is 85.0 cm³/mol. The molecule has 0 N–H and O–H groups in total. The van der Waals surface area contributed by atoms with Crippen LogP contribution in [0.15, 0.2) is 18.2 Å². The van der Waals surface area contributed by atoms with Crippen molar-refractivity contribution in [3.8, 4) is 5.75 Å². The molecule has 7 heteroatoms. The van der Waals surface area contributed by atoms with E-state index in [1.54, 1.807) is 6.07 Å². The molecule has 0 saturated heterocycles. The Labute approximate surface area is 129 Å². The Bertz CT molecular complexity index is 562. The van der Waals surface area contributed by atoms with Gasteiger partial charge < -0.3 is 14.5 Å². The smallest absolute Gasteiger partial charge is 0.270 e. The Kier molecular flexibility index (Phi) is 4.74. The maximum atomic E-state index is 10.9. The molecular weight excluding hydrogens is 290 g/mol. The third-order valence-electron chi connectivity index (χ3n) is 3.42. The molecule has 0 aromatic heterocycles. The highest BCUT2D eigenvalue weighted by atomic mass is 32.1. The second kappa shape index (κ2) is 6.36. The molecule has 1 aliphatic rings. The number of nitro benzene ring substituents is 1. The van der Waals surface area contributed by atoms with Gasteiger partial charge in [-0.3, -0.25) is 10.1 Å². The molecule has 0 radical (unpaired) electrons. The number of nitro groups is 1. The number of hydrogen-bond acceptors (Lipinski definition) is 5. The topological polar surface area (TPSA) is 58.9 Å². The van der Waals surface area contributed by atoms with Crippen LogP contribution in [0.1, 0.15) is 12.0 Å². The molecule has 6 nitrogen and oxygen atoms in total. The lowest BCUT2D eigenvalue weighted by atomic mass is 10.1. The molecule has 2 rings (SSSR count). The van der Waals surface area contributed by atoms with Gasteiger partial charge in [-0.2, -0.15) is 0 Å². The molecule has 1 atom stereocenters. The molecular formula is C14H19N3O3S. The number of ether oxygens (including phenoxy) is 1. The van der Waals surface area contributed by atoms with Crippen LogP contribution in [0.2, 0.25) is 0 Å². The summed E-state index contributed by atoms with van der Waals surface area (Å²) in [5, 5.41) is 10.9. The third-order valence-corrected chi connectivity index (χ3v) is 3.95. The molecule has 0 amide bonds. The molecule has 0 fully saturated rings. The van der Waals surface area contributed by atoms with Crippen molar-refractivity contribution in [3.63, 3.8) is 0 Å². The Morgan fingerprint density at radius 2 is 2.24 bits per heavy atom. The van der Waals surface area contributed by atoms with Gasteiger partial charge in [-0.15, -0.1) is 0 Å². The number of hydrogen-bond donors (Lipinski definition) is 0. The zero-order valence-electron chi connectivity index (χ0n) is 12.4. The summed E-state index contributed by atoms with van der Waals surface area (Å²) in [6.07, 6.45) is 0.883. The maximum Gasteiger partial charge on any atom is 0.270 e. The van der Waals surface area contributed by atoms with E-state index in [9.17, 15) is 10.1 Å². The van der Waals surface area contributed by atoms with Crippen molar-refractivity contribution in [2.45, 2.75) is 12.5 Å². The minimum absolute atomic E-state index is 0.0121. The van der Waals surface area contributed by atoms with Gasteiger partial charge in [-0.25, -0.2) is 0 Å². The highest BCUT2D eigenvalue weighted by molar-refractivity contribution is 7.80. The van der Waals surface area contributed by atoms with Gasteiger partial charge in [0.15, 0.2) is 0 Å². The zero-order valence-corrected chi connectivity index (χ0v) is 13.2. The summed E-state index contributed by atoms with van der Waals surface area (Å²) in [5.74, 6) is 0.624. The van der Waals surface area contributed by atoms with E-state index in [2.05, 4.69) is 4.90 Å². The summed E-state index contributed by atoms with van der Waals surface area (Å²) in [6, 6.07) is 4.58. The Morgan fingerprint density at radius 3 is 2.86 bits per heavy atom. The predicted octanol–water partition coefficient (Wildman–Crippen LogP) is 1.91. The maximum absolute atomic E-state index is 10.9. The van der Waals surface area contributed by atoms with E-state index in [1.165, 1.54) is 12.1 Å². The number of benzene rings is 1. The van der Waals surface area contributed by atoms with E-state index >= 15 is 0 Å². The summed E-state index contributed by atoms with van der Waals surface area (Å²) in [4.78, 5) is 15.1. The van der Waals surface area contributed by atoms with Crippen LogP contribution in [-0.2, 0) is 0 Å². The highest BCUT2D eigenvalue weighted by Gasteiger charge is 2.26. The number of rotatable bonds is 4. The first kappa shape index (κ1) is 15.7. The van der Waals surface area contributed by atoms with E-state index in [4.69, 9.17) is 17.0 Å². The Morgan fingerprint density at radius 1 is 1.52 bits per heavy atom. The zero-order chi connectivity index (χ0) is 15.6. The van der Waals surface area contributed by atoms with Crippen LogP contribution in [0.5, 0.6) is 5.75 Å². The first-order chi connectivity index (χ1) is 9.88. The first-order valence-corrected chi connectivity index (χ1v) is 7.14. The van der Waals surface area contributed by atoms with E-state index < -0.39 is 4.92 Å². The molecule has 0 saturated carbocycles. The monoisotopic (exact) mass is 309 g/mol. The highest BCUT2D eigenvalue weighted by Crippen LogP contribution is 2.29. The minimum Gasteiger partial charge on any atom is -0.488 e. The van der Waals surface area contributed by atoms with E-state index in [0.717, 1.165) is 13.0 Å². The fraction of sp³-hybridized carbons (Fsp3) is 0.500. The first-order valence-electron chi connectivity index (χ1n) is 6.73. The van der Waals surface area contributed by atoms with Gasteiger partial charge in [-0.05, 0) is 26.6 Å². The van der Waals surface area contributed by atoms with Gasteiger partial charge in [0, 0.05) is 25.7 Å². The van der Waals surface area contributed by atoms with Crippen molar-refractivity contribution in [1.29, 1.82) is 0 Å². The Hall–Kier alpha value is -1.73. The molecule has 1 heterocycles. The largest absolute Gasteiger partial charge is 0.488 e. The van der Waals surface area contributed by atoms with Gasteiger partial charge in [-0.1, -0.05) is 12.2 Å². The quantitative estimate of drug-likeness (QED) is 0.481. The number of likely N-dealkylation sites (N-methyl/N-ethyl adjacent to an activating group) is 1. The SMILES string of the molecule is CN(C)CCC1CN(C)C(=S)c2cc([N+](=O)[O-])ccc2O1. The molecule has 21 heavy (non-hydrogen) atoms. The molecule has 0 bridgehead atoms. The van der Waals surface area contributed by atoms with E-state index in [0.29, 0.717) is 22.8 Å². The second-order valence-electron chi connectivity index (χ2n) is 5.46. The molecule has 0 spiro atoms. The Balaban J connectivity index is 2.28. The van der Waals surface area contributed by atoms with E-state index in [-0.39, 0.29) is 11.8 Å². The number of thiocarbonyl (C=S) groups is 1. The fourth-order valence-corrected chi connectivity index (χ4v) is 2.50. The minimum atomic E-state index is -0.419. The molecule has 1 aliphatic heterocycles. The van der Waals surface area contributed by atoms with Gasteiger partial charge in [0.05, 0.1) is 17.0 Å². The van der Waals surface area contributed by atoms with Crippen LogP contribution in [0.25, 0.3) is 0 Å². The summed E-state index contributed by atoms with van der Waals surface area (Å²) in [7, 11) is 5.92. The van der Waals surface area contributed by atoms with Crippen LogP contribution >= 0.6 is 12.2 Å².